The van der Waals surface area contributed by atoms with Gasteiger partial charge in [-0.1, -0.05) is 6.08 Å². The lowest BCUT2D eigenvalue weighted by molar-refractivity contribution is -0.127. The van der Waals surface area contributed by atoms with Crippen LogP contribution in [0.15, 0.2) is 30.9 Å². The molecule has 0 aliphatic rings. The molecule has 1 aromatic rings. The van der Waals surface area contributed by atoms with E-state index in [1.807, 2.05) is 0 Å². The van der Waals surface area contributed by atoms with Crippen molar-refractivity contribution in [3.8, 4) is 5.75 Å². The molecule has 0 aliphatic carbocycles. The van der Waals surface area contributed by atoms with E-state index in [0.717, 1.165) is 0 Å². The molecule has 1 amide bonds. The van der Waals surface area contributed by atoms with Crippen LogP contribution in [0, 0.1) is 5.82 Å². The van der Waals surface area contributed by atoms with Gasteiger partial charge in [0.15, 0.2) is 6.10 Å². The molecule has 0 aromatic heterocycles. The quantitative estimate of drug-likeness (QED) is 0.751. The van der Waals surface area contributed by atoms with Crippen LogP contribution in [-0.2, 0) is 11.3 Å². The average Bonchev–Trinajstić information content (AvgIpc) is 2.37. The predicted molar refractivity (Wildman–Crippen MR) is 67.6 cm³/mol. The lowest BCUT2D eigenvalue weighted by Crippen LogP contribution is -2.36. The Morgan fingerprint density at radius 3 is 3.00 bits per heavy atom. The number of nitrogens with one attached hydrogen (secondary N) is 1. The minimum Gasteiger partial charge on any atom is -0.481 e. The molecule has 0 aliphatic heterocycles. The highest BCUT2D eigenvalue weighted by Gasteiger charge is 2.15. The van der Waals surface area contributed by atoms with E-state index in [-0.39, 0.29) is 18.3 Å². The first-order valence-corrected chi connectivity index (χ1v) is 5.62. The standard InChI is InChI=1S/C13H17FN2O2/c1-3-6-16-13(17)9(2)18-12-5-4-11(14)7-10(12)8-15/h3-5,7,9H,1,6,8,15H2,2H3,(H,16,17). The van der Waals surface area contributed by atoms with Gasteiger partial charge in [-0.15, -0.1) is 6.58 Å². The van der Waals surface area contributed by atoms with E-state index in [1.54, 1.807) is 13.0 Å². The fourth-order valence-corrected chi connectivity index (χ4v) is 1.38. The van der Waals surface area contributed by atoms with Crippen molar-refractivity contribution in [1.29, 1.82) is 0 Å². The molecule has 0 fully saturated rings. The third kappa shape index (κ3) is 3.85. The summed E-state index contributed by atoms with van der Waals surface area (Å²) in [6.07, 6.45) is 0.897. The van der Waals surface area contributed by atoms with E-state index in [9.17, 15) is 9.18 Å². The molecule has 4 nitrogen and oxygen atoms in total. The van der Waals surface area contributed by atoms with E-state index in [4.69, 9.17) is 10.5 Å². The smallest absolute Gasteiger partial charge is 0.261 e. The summed E-state index contributed by atoms with van der Waals surface area (Å²) in [6.45, 7) is 5.63. The van der Waals surface area contributed by atoms with Crippen LogP contribution in [0.25, 0.3) is 0 Å². The van der Waals surface area contributed by atoms with Crippen molar-refractivity contribution in [3.63, 3.8) is 0 Å². The van der Waals surface area contributed by atoms with Crippen molar-refractivity contribution < 1.29 is 13.9 Å². The van der Waals surface area contributed by atoms with Crippen molar-refractivity contribution in [2.45, 2.75) is 19.6 Å². The molecule has 1 aromatic carbocycles. The van der Waals surface area contributed by atoms with Gasteiger partial charge in [-0.3, -0.25) is 4.79 Å². The Labute approximate surface area is 106 Å². The summed E-state index contributed by atoms with van der Waals surface area (Å²) in [6, 6.07) is 4.03. The van der Waals surface area contributed by atoms with Crippen molar-refractivity contribution in [2.75, 3.05) is 6.54 Å². The number of hydrogen-bond acceptors (Lipinski definition) is 3. The number of ether oxygens (including phenoxy) is 1. The summed E-state index contributed by atoms with van der Waals surface area (Å²) in [5, 5.41) is 2.61. The third-order valence-electron chi connectivity index (χ3n) is 2.34. The van der Waals surface area contributed by atoms with Gasteiger partial charge in [0.1, 0.15) is 11.6 Å². The van der Waals surface area contributed by atoms with Gasteiger partial charge < -0.3 is 15.8 Å². The number of halogens is 1. The van der Waals surface area contributed by atoms with Gasteiger partial charge in [0.25, 0.3) is 5.91 Å². The van der Waals surface area contributed by atoms with Crippen LogP contribution in [0.3, 0.4) is 0 Å². The molecular formula is C13H17FN2O2. The molecule has 0 radical (unpaired) electrons. The number of nitrogens with two attached hydrogens (primary N) is 1. The first kappa shape index (κ1) is 14.2. The summed E-state index contributed by atoms with van der Waals surface area (Å²) in [5.74, 6) is -0.228. The van der Waals surface area contributed by atoms with E-state index in [0.29, 0.717) is 17.9 Å². The molecule has 0 bridgehead atoms. The summed E-state index contributed by atoms with van der Waals surface area (Å²) >= 11 is 0. The topological polar surface area (TPSA) is 64.3 Å². The van der Waals surface area contributed by atoms with Crippen molar-refractivity contribution in [1.82, 2.24) is 5.32 Å². The van der Waals surface area contributed by atoms with Gasteiger partial charge >= 0.3 is 0 Å². The second kappa shape index (κ2) is 6.76. The minimum atomic E-state index is -0.680. The van der Waals surface area contributed by atoms with E-state index < -0.39 is 6.10 Å². The average molecular weight is 252 g/mol. The van der Waals surface area contributed by atoms with Gasteiger partial charge in [0, 0.05) is 18.7 Å². The second-order valence-electron chi connectivity index (χ2n) is 3.75. The fourth-order valence-electron chi connectivity index (χ4n) is 1.38. The Morgan fingerprint density at radius 2 is 2.39 bits per heavy atom. The maximum Gasteiger partial charge on any atom is 0.261 e. The van der Waals surface area contributed by atoms with Crippen LogP contribution in [0.1, 0.15) is 12.5 Å². The molecule has 3 N–H and O–H groups in total. The van der Waals surface area contributed by atoms with Gasteiger partial charge in [-0.2, -0.15) is 0 Å². The third-order valence-corrected chi connectivity index (χ3v) is 2.34. The monoisotopic (exact) mass is 252 g/mol. The molecule has 0 saturated carbocycles. The number of rotatable bonds is 6. The number of carbonyl (C=O) groups is 1. The van der Waals surface area contributed by atoms with Crippen molar-refractivity contribution in [3.05, 3.63) is 42.2 Å². The second-order valence-corrected chi connectivity index (χ2v) is 3.75. The normalized spacial score (nSPS) is 11.7. The molecule has 5 heteroatoms. The Balaban J connectivity index is 2.71. The summed E-state index contributed by atoms with van der Waals surface area (Å²) in [4.78, 5) is 11.6. The van der Waals surface area contributed by atoms with Crippen molar-refractivity contribution >= 4 is 5.91 Å². The molecule has 1 atom stereocenters. The van der Waals surface area contributed by atoms with Crippen LogP contribution in [0.2, 0.25) is 0 Å². The van der Waals surface area contributed by atoms with E-state index >= 15 is 0 Å². The van der Waals surface area contributed by atoms with Crippen molar-refractivity contribution in [2.24, 2.45) is 5.73 Å². The van der Waals surface area contributed by atoms with Gasteiger partial charge in [-0.05, 0) is 25.1 Å². The molecule has 98 valence electrons. The lowest BCUT2D eigenvalue weighted by Gasteiger charge is -2.16. The van der Waals surface area contributed by atoms with Crippen LogP contribution >= 0.6 is 0 Å². The Morgan fingerprint density at radius 1 is 1.67 bits per heavy atom. The molecular weight excluding hydrogens is 235 g/mol. The zero-order valence-electron chi connectivity index (χ0n) is 10.3. The van der Waals surface area contributed by atoms with E-state index in [2.05, 4.69) is 11.9 Å². The van der Waals surface area contributed by atoms with Crippen LogP contribution < -0.4 is 15.8 Å². The van der Waals surface area contributed by atoms with Crippen LogP contribution in [0.4, 0.5) is 4.39 Å². The number of carbonyl (C=O) groups excluding carboxylic acids is 1. The molecule has 1 rings (SSSR count). The largest absolute Gasteiger partial charge is 0.481 e. The number of amides is 1. The summed E-state index contributed by atoms with van der Waals surface area (Å²) in [5.41, 5.74) is 6.02. The van der Waals surface area contributed by atoms with Crippen LogP contribution in [0.5, 0.6) is 5.75 Å². The number of hydrogen-bond donors (Lipinski definition) is 2. The predicted octanol–water partition coefficient (Wildman–Crippen LogP) is 1.35. The highest BCUT2D eigenvalue weighted by molar-refractivity contribution is 5.80. The maximum atomic E-state index is 13.0. The van der Waals surface area contributed by atoms with Gasteiger partial charge in [0.05, 0.1) is 0 Å². The maximum absolute atomic E-state index is 13.0. The Hall–Kier alpha value is -1.88. The molecule has 0 spiro atoms. The Kier molecular flexibility index (Phi) is 5.32. The number of benzene rings is 1. The first-order valence-electron chi connectivity index (χ1n) is 5.62. The Bertz CT molecular complexity index is 435. The molecule has 1 unspecified atom stereocenters. The minimum absolute atomic E-state index is 0.147. The van der Waals surface area contributed by atoms with Gasteiger partial charge in [0.2, 0.25) is 0 Å². The zero-order chi connectivity index (χ0) is 13.5. The molecule has 18 heavy (non-hydrogen) atoms. The molecule has 0 heterocycles. The zero-order valence-corrected chi connectivity index (χ0v) is 10.3. The fraction of sp³-hybridized carbons (Fsp3) is 0.308. The molecule has 0 saturated heterocycles. The van der Waals surface area contributed by atoms with Gasteiger partial charge in [-0.25, -0.2) is 4.39 Å². The lowest BCUT2D eigenvalue weighted by atomic mass is 10.2. The highest BCUT2D eigenvalue weighted by Crippen LogP contribution is 2.20. The highest BCUT2D eigenvalue weighted by atomic mass is 19.1. The summed E-state index contributed by atoms with van der Waals surface area (Å²) in [7, 11) is 0. The SMILES string of the molecule is C=CCNC(=O)C(C)Oc1ccc(F)cc1CN. The summed E-state index contributed by atoms with van der Waals surface area (Å²) < 4.78 is 18.5. The van der Waals surface area contributed by atoms with E-state index in [1.165, 1.54) is 18.2 Å². The van der Waals surface area contributed by atoms with Crippen LogP contribution in [-0.4, -0.2) is 18.6 Å². The first-order chi connectivity index (χ1) is 8.58.